The van der Waals surface area contributed by atoms with Gasteiger partial charge in [-0.3, -0.25) is 4.79 Å². The number of nitrogens with one attached hydrogen (secondary N) is 1. The molecule has 0 spiro atoms. The third-order valence-corrected chi connectivity index (χ3v) is 4.86. The van der Waals surface area contributed by atoms with Gasteiger partial charge in [-0.1, -0.05) is 48.0 Å². The van der Waals surface area contributed by atoms with E-state index in [1.54, 1.807) is 24.3 Å². The zero-order valence-corrected chi connectivity index (χ0v) is 14.1. The summed E-state index contributed by atoms with van der Waals surface area (Å²) in [6.45, 7) is 1.72. The third-order valence-electron chi connectivity index (χ3n) is 3.37. The molecule has 2 aromatic carbocycles. The molecule has 0 radical (unpaired) electrons. The highest BCUT2D eigenvalue weighted by Crippen LogP contribution is 2.11. The van der Waals surface area contributed by atoms with Gasteiger partial charge < -0.3 is 10.5 Å². The van der Waals surface area contributed by atoms with Crippen LogP contribution >= 0.6 is 0 Å². The highest BCUT2D eigenvalue weighted by atomic mass is 32.2. The maximum Gasteiger partial charge on any atom is 0.325 e. The molecule has 1 atom stereocenters. The van der Waals surface area contributed by atoms with Crippen molar-refractivity contribution in [1.82, 2.24) is 4.72 Å². The average molecular weight is 348 g/mol. The first-order valence-electron chi connectivity index (χ1n) is 7.42. The van der Waals surface area contributed by atoms with Crippen molar-refractivity contribution in [2.45, 2.75) is 24.5 Å². The molecule has 6 nitrogen and oxygen atoms in total. The molecule has 0 amide bonds. The molecule has 24 heavy (non-hydrogen) atoms. The van der Waals surface area contributed by atoms with E-state index >= 15 is 0 Å². The highest BCUT2D eigenvalue weighted by molar-refractivity contribution is 7.89. The van der Waals surface area contributed by atoms with Crippen LogP contribution in [0.3, 0.4) is 0 Å². The van der Waals surface area contributed by atoms with Crippen molar-refractivity contribution in [3.05, 3.63) is 65.7 Å². The van der Waals surface area contributed by atoms with Crippen molar-refractivity contribution in [2.75, 3.05) is 6.54 Å². The number of sulfonamides is 1. The van der Waals surface area contributed by atoms with Gasteiger partial charge in [0, 0.05) is 6.54 Å². The van der Waals surface area contributed by atoms with Crippen molar-refractivity contribution in [2.24, 2.45) is 5.73 Å². The van der Waals surface area contributed by atoms with Gasteiger partial charge in [-0.25, -0.2) is 8.42 Å². The number of benzene rings is 2. The van der Waals surface area contributed by atoms with Crippen LogP contribution in [0.5, 0.6) is 0 Å². The van der Waals surface area contributed by atoms with Crippen molar-refractivity contribution in [1.29, 1.82) is 0 Å². The van der Waals surface area contributed by atoms with E-state index in [2.05, 4.69) is 4.72 Å². The fourth-order valence-electron chi connectivity index (χ4n) is 1.99. The molecule has 2 rings (SSSR count). The summed E-state index contributed by atoms with van der Waals surface area (Å²) in [4.78, 5) is 12.2. The topological polar surface area (TPSA) is 98.5 Å². The van der Waals surface area contributed by atoms with Crippen LogP contribution in [0.25, 0.3) is 0 Å². The smallest absolute Gasteiger partial charge is 0.325 e. The Bertz CT molecular complexity index is 774. The maximum absolute atomic E-state index is 12.3. The first kappa shape index (κ1) is 18.1. The van der Waals surface area contributed by atoms with Crippen LogP contribution in [0, 0.1) is 6.92 Å². The molecule has 0 saturated carbocycles. The number of carbonyl (C=O) groups is 1. The molecular weight excluding hydrogens is 328 g/mol. The molecule has 0 aliphatic carbocycles. The van der Waals surface area contributed by atoms with Crippen molar-refractivity contribution >= 4 is 16.0 Å². The SMILES string of the molecule is Cc1ccc(S(=O)(=O)N[C@@H](CN)C(=O)OCc2ccccc2)cc1. The lowest BCUT2D eigenvalue weighted by molar-refractivity contribution is -0.146. The zero-order chi connectivity index (χ0) is 17.6. The molecule has 0 fully saturated rings. The van der Waals surface area contributed by atoms with E-state index in [-0.39, 0.29) is 18.0 Å². The summed E-state index contributed by atoms with van der Waals surface area (Å²) < 4.78 is 32.1. The van der Waals surface area contributed by atoms with Crippen LogP contribution in [0.2, 0.25) is 0 Å². The predicted octanol–water partition coefficient (Wildman–Crippen LogP) is 1.34. The Morgan fingerprint density at radius 1 is 1.12 bits per heavy atom. The summed E-state index contributed by atoms with van der Waals surface area (Å²) in [6, 6.07) is 14.3. The van der Waals surface area contributed by atoms with E-state index in [0.717, 1.165) is 11.1 Å². The number of nitrogens with two attached hydrogens (primary N) is 1. The Morgan fingerprint density at radius 2 is 1.75 bits per heavy atom. The molecule has 0 bridgehead atoms. The largest absolute Gasteiger partial charge is 0.460 e. The van der Waals surface area contributed by atoms with Gasteiger partial charge in [0.15, 0.2) is 0 Å². The first-order valence-corrected chi connectivity index (χ1v) is 8.90. The van der Waals surface area contributed by atoms with E-state index in [0.29, 0.717) is 0 Å². The number of hydrogen-bond donors (Lipinski definition) is 2. The minimum absolute atomic E-state index is 0.0580. The van der Waals surface area contributed by atoms with Crippen LogP contribution < -0.4 is 10.5 Å². The quantitative estimate of drug-likeness (QED) is 0.736. The number of aryl methyl sites for hydroxylation is 1. The minimum Gasteiger partial charge on any atom is -0.460 e. The van der Waals surface area contributed by atoms with Gasteiger partial charge in [0.25, 0.3) is 0 Å². The Labute approximate surface area is 141 Å². The van der Waals surface area contributed by atoms with Gasteiger partial charge in [-0.2, -0.15) is 4.72 Å². The van der Waals surface area contributed by atoms with E-state index < -0.39 is 22.0 Å². The molecule has 0 saturated heterocycles. The standard InChI is InChI=1S/C17H20N2O4S/c1-13-7-9-15(10-8-13)24(21,22)19-16(11-18)17(20)23-12-14-5-3-2-4-6-14/h2-10,16,19H,11-12,18H2,1H3/t16-/m0/s1. The van der Waals surface area contributed by atoms with Crippen LogP contribution in [-0.2, 0) is 26.2 Å². The average Bonchev–Trinajstić information content (AvgIpc) is 2.59. The van der Waals surface area contributed by atoms with Crippen molar-refractivity contribution < 1.29 is 17.9 Å². The van der Waals surface area contributed by atoms with E-state index in [9.17, 15) is 13.2 Å². The summed E-state index contributed by atoms with van der Waals surface area (Å²) in [5.74, 6) is -0.711. The Hall–Kier alpha value is -2.22. The number of carbonyl (C=O) groups excluding carboxylic acids is 1. The molecule has 0 aliphatic rings. The third kappa shape index (κ3) is 4.89. The molecule has 0 heterocycles. The second kappa shape index (κ2) is 8.05. The summed E-state index contributed by atoms with van der Waals surface area (Å²) >= 11 is 0. The Kier molecular flexibility index (Phi) is 6.08. The van der Waals surface area contributed by atoms with Crippen LogP contribution in [0.1, 0.15) is 11.1 Å². The fourth-order valence-corrected chi connectivity index (χ4v) is 3.19. The van der Waals surface area contributed by atoms with Crippen molar-refractivity contribution in [3.8, 4) is 0 Å². The molecule has 128 valence electrons. The normalized spacial score (nSPS) is 12.6. The summed E-state index contributed by atoms with van der Waals surface area (Å²) in [5.41, 5.74) is 7.27. The molecule has 3 N–H and O–H groups in total. The lowest BCUT2D eigenvalue weighted by atomic mass is 10.2. The van der Waals surface area contributed by atoms with Gasteiger partial charge in [-0.15, -0.1) is 0 Å². The second-order valence-corrected chi connectivity index (χ2v) is 7.03. The monoisotopic (exact) mass is 348 g/mol. The van der Waals surface area contributed by atoms with Crippen LogP contribution in [0.4, 0.5) is 0 Å². The van der Waals surface area contributed by atoms with E-state index in [1.165, 1.54) is 12.1 Å². The predicted molar refractivity (Wildman–Crippen MR) is 90.6 cm³/mol. The molecule has 7 heteroatoms. The lowest BCUT2D eigenvalue weighted by Crippen LogP contribution is -2.46. The van der Waals surface area contributed by atoms with Gasteiger partial charge >= 0.3 is 5.97 Å². The highest BCUT2D eigenvalue weighted by Gasteiger charge is 2.25. The number of rotatable bonds is 7. The maximum atomic E-state index is 12.3. The fraction of sp³-hybridized carbons (Fsp3) is 0.235. The van der Waals surface area contributed by atoms with Gasteiger partial charge in [0.1, 0.15) is 12.6 Å². The number of hydrogen-bond acceptors (Lipinski definition) is 5. The summed E-state index contributed by atoms with van der Waals surface area (Å²) in [5, 5.41) is 0. The molecule has 2 aromatic rings. The second-order valence-electron chi connectivity index (χ2n) is 5.32. The summed E-state index contributed by atoms with van der Waals surface area (Å²) in [7, 11) is -3.85. The first-order chi connectivity index (χ1) is 11.4. The summed E-state index contributed by atoms with van der Waals surface area (Å²) in [6.07, 6.45) is 0. The molecule has 0 aromatic heterocycles. The van der Waals surface area contributed by atoms with Gasteiger partial charge in [0.05, 0.1) is 4.90 Å². The zero-order valence-electron chi connectivity index (χ0n) is 13.3. The Balaban J connectivity index is 2.02. The lowest BCUT2D eigenvalue weighted by Gasteiger charge is -2.16. The number of esters is 1. The number of ether oxygens (including phenoxy) is 1. The minimum atomic E-state index is -3.85. The van der Waals surface area contributed by atoms with Crippen molar-refractivity contribution in [3.63, 3.8) is 0 Å². The molecule has 0 aliphatic heterocycles. The molecular formula is C17H20N2O4S. The Morgan fingerprint density at radius 3 is 2.33 bits per heavy atom. The van der Waals surface area contributed by atoms with E-state index in [1.807, 2.05) is 25.1 Å². The van der Waals surface area contributed by atoms with Crippen LogP contribution in [0.15, 0.2) is 59.5 Å². The van der Waals surface area contributed by atoms with E-state index in [4.69, 9.17) is 10.5 Å². The van der Waals surface area contributed by atoms with Gasteiger partial charge in [0.2, 0.25) is 10.0 Å². The molecule has 0 unspecified atom stereocenters. The van der Waals surface area contributed by atoms with Crippen LogP contribution in [-0.4, -0.2) is 27.0 Å². The van der Waals surface area contributed by atoms with Gasteiger partial charge in [-0.05, 0) is 24.6 Å².